The van der Waals surface area contributed by atoms with E-state index in [4.69, 9.17) is 0 Å². The molecule has 0 unspecified atom stereocenters. The van der Waals surface area contributed by atoms with Crippen LogP contribution in [-0.4, -0.2) is 41.9 Å². The van der Waals surface area contributed by atoms with E-state index in [2.05, 4.69) is 33.4 Å². The molecule has 1 fully saturated rings. The van der Waals surface area contributed by atoms with E-state index in [0.29, 0.717) is 0 Å². The number of hydrogen-bond acceptors (Lipinski definition) is 4. The molecule has 128 valence electrons. The molecule has 3 nitrogen and oxygen atoms in total. The minimum atomic E-state index is 0.254. The molecule has 1 aliphatic heterocycles. The summed E-state index contributed by atoms with van der Waals surface area (Å²) in [5, 5.41) is 2.13. The van der Waals surface area contributed by atoms with Crippen molar-refractivity contribution in [3.8, 4) is 0 Å². The molecule has 0 saturated carbocycles. The third kappa shape index (κ3) is 3.58. The average molecular weight is 361 g/mol. The number of carbonyl (C=O) groups is 1. The zero-order valence-corrected chi connectivity index (χ0v) is 15.6. The summed E-state index contributed by atoms with van der Waals surface area (Å²) >= 11 is 3.57. The molecule has 0 radical (unpaired) electrons. The van der Waals surface area contributed by atoms with Crippen molar-refractivity contribution in [2.45, 2.75) is 38.6 Å². The Hall–Kier alpha value is -1.17. The molecule has 0 spiro atoms. The van der Waals surface area contributed by atoms with Crippen LogP contribution in [0.1, 0.15) is 44.3 Å². The summed E-state index contributed by atoms with van der Waals surface area (Å²) in [6.45, 7) is 4.69. The lowest BCUT2D eigenvalue weighted by Gasteiger charge is -2.34. The Morgan fingerprint density at radius 2 is 1.92 bits per heavy atom. The van der Waals surface area contributed by atoms with E-state index >= 15 is 0 Å². The highest BCUT2D eigenvalue weighted by molar-refractivity contribution is 7.14. The highest BCUT2D eigenvalue weighted by Gasteiger charge is 2.24. The molecule has 4 rings (SSSR count). The lowest BCUT2D eigenvalue weighted by Crippen LogP contribution is -2.48. The second-order valence-corrected chi connectivity index (χ2v) is 8.94. The van der Waals surface area contributed by atoms with Gasteiger partial charge in [0.05, 0.1) is 4.88 Å². The molecule has 2 aromatic rings. The third-order valence-electron chi connectivity index (χ3n) is 5.08. The van der Waals surface area contributed by atoms with Gasteiger partial charge in [0.15, 0.2) is 0 Å². The topological polar surface area (TPSA) is 23.6 Å². The van der Waals surface area contributed by atoms with E-state index in [1.807, 2.05) is 11.3 Å². The fraction of sp³-hybridized carbons (Fsp3) is 0.526. The lowest BCUT2D eigenvalue weighted by atomic mass is 10.1. The van der Waals surface area contributed by atoms with Gasteiger partial charge in [-0.15, -0.1) is 22.7 Å². The van der Waals surface area contributed by atoms with Crippen LogP contribution in [0.2, 0.25) is 0 Å². The van der Waals surface area contributed by atoms with Crippen molar-refractivity contribution in [2.75, 3.05) is 26.2 Å². The third-order valence-corrected chi connectivity index (χ3v) is 7.16. The van der Waals surface area contributed by atoms with Gasteiger partial charge in [0.2, 0.25) is 0 Å². The maximum atomic E-state index is 12.8. The number of aryl methyl sites for hydroxylation is 2. The van der Waals surface area contributed by atoms with Crippen LogP contribution in [-0.2, 0) is 19.4 Å². The van der Waals surface area contributed by atoms with E-state index in [1.54, 1.807) is 11.3 Å². The van der Waals surface area contributed by atoms with Crippen LogP contribution < -0.4 is 0 Å². The van der Waals surface area contributed by atoms with E-state index < -0.39 is 0 Å². The number of amides is 1. The van der Waals surface area contributed by atoms with Crippen LogP contribution in [0.3, 0.4) is 0 Å². The predicted octanol–water partition coefficient (Wildman–Crippen LogP) is 4.04. The zero-order valence-electron chi connectivity index (χ0n) is 14.0. The van der Waals surface area contributed by atoms with Crippen LogP contribution >= 0.6 is 22.7 Å². The molecule has 5 heteroatoms. The van der Waals surface area contributed by atoms with Gasteiger partial charge in [-0.2, -0.15) is 0 Å². The average Bonchev–Trinajstić information content (AvgIpc) is 3.20. The number of piperazine rings is 1. The standard InChI is InChI=1S/C19H24N2OS2/c22-19(18-13-15-5-2-1-3-7-17(15)24-18)21-10-8-20(9-11-21)14-16-6-4-12-23-16/h4,6,12-13H,1-3,5,7-11,14H2. The molecular formula is C19H24N2OS2. The largest absolute Gasteiger partial charge is 0.335 e. The van der Waals surface area contributed by atoms with Crippen LogP contribution in [0.25, 0.3) is 0 Å². The second-order valence-electron chi connectivity index (χ2n) is 6.77. The second kappa shape index (κ2) is 7.38. The predicted molar refractivity (Wildman–Crippen MR) is 101 cm³/mol. The highest BCUT2D eigenvalue weighted by Crippen LogP contribution is 2.30. The first-order chi connectivity index (χ1) is 11.8. The first-order valence-corrected chi connectivity index (χ1v) is 10.6. The fourth-order valence-electron chi connectivity index (χ4n) is 3.66. The molecule has 1 saturated heterocycles. The van der Waals surface area contributed by atoms with Gasteiger partial charge >= 0.3 is 0 Å². The molecule has 0 bridgehead atoms. The summed E-state index contributed by atoms with van der Waals surface area (Å²) in [6.07, 6.45) is 6.22. The van der Waals surface area contributed by atoms with E-state index in [9.17, 15) is 4.79 Å². The van der Waals surface area contributed by atoms with Crippen molar-refractivity contribution >= 4 is 28.6 Å². The van der Waals surface area contributed by atoms with Crippen LogP contribution in [0, 0.1) is 0 Å². The molecule has 1 amide bonds. The molecule has 0 atom stereocenters. The number of hydrogen-bond donors (Lipinski definition) is 0. The Kier molecular flexibility index (Phi) is 5.01. The SMILES string of the molecule is O=C(c1cc2c(s1)CCCCC2)N1CCN(Cc2cccs2)CC1. The normalized spacial score (nSPS) is 19.1. The summed E-state index contributed by atoms with van der Waals surface area (Å²) in [4.78, 5) is 21.2. The van der Waals surface area contributed by atoms with Crippen molar-refractivity contribution < 1.29 is 4.79 Å². The Balaban J connectivity index is 1.36. The molecule has 0 aromatic carbocycles. The first-order valence-electron chi connectivity index (χ1n) is 8.95. The van der Waals surface area contributed by atoms with Gasteiger partial charge in [0.1, 0.15) is 0 Å². The van der Waals surface area contributed by atoms with Gasteiger partial charge in [0, 0.05) is 42.5 Å². The minimum absolute atomic E-state index is 0.254. The number of fused-ring (bicyclic) bond motifs is 1. The van der Waals surface area contributed by atoms with Gasteiger partial charge in [-0.1, -0.05) is 12.5 Å². The molecule has 24 heavy (non-hydrogen) atoms. The van der Waals surface area contributed by atoms with Gasteiger partial charge in [-0.25, -0.2) is 0 Å². The quantitative estimate of drug-likeness (QED) is 0.772. The molecule has 1 aliphatic carbocycles. The monoisotopic (exact) mass is 360 g/mol. The number of rotatable bonds is 3. The summed E-state index contributed by atoms with van der Waals surface area (Å²) in [5.41, 5.74) is 1.44. The summed E-state index contributed by atoms with van der Waals surface area (Å²) in [6, 6.07) is 6.49. The van der Waals surface area contributed by atoms with E-state index in [-0.39, 0.29) is 5.91 Å². The smallest absolute Gasteiger partial charge is 0.264 e. The fourth-order valence-corrected chi connectivity index (χ4v) is 5.63. The van der Waals surface area contributed by atoms with Crippen molar-refractivity contribution in [1.82, 2.24) is 9.80 Å². The summed E-state index contributed by atoms with van der Waals surface area (Å²) in [5.74, 6) is 0.254. The first kappa shape index (κ1) is 16.3. The summed E-state index contributed by atoms with van der Waals surface area (Å²) < 4.78 is 0. The maximum Gasteiger partial charge on any atom is 0.264 e. The van der Waals surface area contributed by atoms with E-state index in [0.717, 1.165) is 44.0 Å². The molecular weight excluding hydrogens is 336 g/mol. The molecule has 2 aliphatic rings. The summed E-state index contributed by atoms with van der Waals surface area (Å²) in [7, 11) is 0. The number of carbonyl (C=O) groups excluding carboxylic acids is 1. The maximum absolute atomic E-state index is 12.8. The van der Waals surface area contributed by atoms with Gasteiger partial charge in [-0.3, -0.25) is 9.69 Å². The van der Waals surface area contributed by atoms with Gasteiger partial charge in [-0.05, 0) is 48.8 Å². The number of thiophene rings is 2. The van der Waals surface area contributed by atoms with Crippen LogP contribution in [0.4, 0.5) is 0 Å². The van der Waals surface area contributed by atoms with Crippen LogP contribution in [0.5, 0.6) is 0 Å². The Bertz CT molecular complexity index is 661. The minimum Gasteiger partial charge on any atom is -0.335 e. The Morgan fingerprint density at radius 3 is 2.71 bits per heavy atom. The van der Waals surface area contributed by atoms with Crippen molar-refractivity contribution in [1.29, 1.82) is 0 Å². The molecule has 3 heterocycles. The lowest BCUT2D eigenvalue weighted by molar-refractivity contribution is 0.0634. The Morgan fingerprint density at radius 1 is 1.08 bits per heavy atom. The molecule has 2 aromatic heterocycles. The van der Waals surface area contributed by atoms with Crippen molar-refractivity contribution in [3.63, 3.8) is 0 Å². The Labute approximate surface area is 151 Å². The number of nitrogens with zero attached hydrogens (tertiary/aromatic N) is 2. The van der Waals surface area contributed by atoms with E-state index in [1.165, 1.54) is 41.0 Å². The molecule has 0 N–H and O–H groups in total. The van der Waals surface area contributed by atoms with Gasteiger partial charge in [0.25, 0.3) is 5.91 Å². The zero-order chi connectivity index (χ0) is 16.4. The van der Waals surface area contributed by atoms with Crippen molar-refractivity contribution in [3.05, 3.63) is 43.8 Å². The van der Waals surface area contributed by atoms with Crippen LogP contribution in [0.15, 0.2) is 23.6 Å². The van der Waals surface area contributed by atoms with Crippen molar-refractivity contribution in [2.24, 2.45) is 0 Å². The van der Waals surface area contributed by atoms with Gasteiger partial charge < -0.3 is 4.90 Å². The highest BCUT2D eigenvalue weighted by atomic mass is 32.1.